The van der Waals surface area contributed by atoms with Crippen LogP contribution in [0.5, 0.6) is 5.88 Å². The molecule has 2 aromatic heterocycles. The predicted molar refractivity (Wildman–Crippen MR) is 94.8 cm³/mol. The highest BCUT2D eigenvalue weighted by Gasteiger charge is 2.30. The molecule has 1 fully saturated rings. The Morgan fingerprint density at radius 3 is 2.88 bits per heavy atom. The Balaban J connectivity index is 1.66. The first-order chi connectivity index (χ1) is 11.9. The summed E-state index contributed by atoms with van der Waals surface area (Å²) >= 11 is 0. The van der Waals surface area contributed by atoms with E-state index >= 15 is 0 Å². The van der Waals surface area contributed by atoms with Crippen LogP contribution in [0.2, 0.25) is 0 Å². The molecule has 6 nitrogen and oxygen atoms in total. The molecule has 2 atom stereocenters. The monoisotopic (exact) mass is 343 g/mol. The van der Waals surface area contributed by atoms with Crippen LogP contribution in [-0.4, -0.2) is 40.8 Å². The molecule has 0 saturated carbocycles. The van der Waals surface area contributed by atoms with Crippen molar-refractivity contribution in [1.82, 2.24) is 14.9 Å². The number of carbonyl (C=O) groups excluding carboxylic acids is 1. The van der Waals surface area contributed by atoms with Crippen LogP contribution < -0.4 is 10.1 Å². The topological polar surface area (TPSA) is 65.4 Å². The quantitative estimate of drug-likeness (QED) is 0.927. The number of ether oxygens (including phenoxy) is 2. The van der Waals surface area contributed by atoms with Crippen molar-refractivity contribution < 1.29 is 14.3 Å². The molecule has 1 N–H and O–H groups in total. The molecule has 0 aliphatic carbocycles. The van der Waals surface area contributed by atoms with Crippen LogP contribution in [0.15, 0.2) is 42.9 Å². The molecular weight excluding hydrogens is 318 g/mol. The van der Waals surface area contributed by atoms with Gasteiger partial charge in [0.15, 0.2) is 0 Å². The minimum atomic E-state index is -0.207. The van der Waals surface area contributed by atoms with Crippen LogP contribution in [0.3, 0.4) is 0 Å². The first-order valence-electron chi connectivity index (χ1n) is 8.58. The Kier molecular flexibility index (Phi) is 5.08. The highest BCUT2D eigenvalue weighted by Crippen LogP contribution is 2.18. The van der Waals surface area contributed by atoms with E-state index in [0.717, 1.165) is 0 Å². The Morgan fingerprint density at radius 2 is 2.20 bits per heavy atom. The van der Waals surface area contributed by atoms with Crippen LogP contribution in [0.4, 0.5) is 0 Å². The number of rotatable bonds is 4. The molecule has 1 saturated heterocycles. The molecule has 1 amide bonds. The second-order valence-electron chi connectivity index (χ2n) is 7.25. The fraction of sp³-hybridized carbons (Fsp3) is 0.474. The summed E-state index contributed by atoms with van der Waals surface area (Å²) in [6, 6.07) is 7.16. The van der Waals surface area contributed by atoms with Gasteiger partial charge in [-0.15, -0.1) is 0 Å². The number of nitrogens with zero attached hydrogens (tertiary/aromatic N) is 2. The molecule has 0 aromatic carbocycles. The van der Waals surface area contributed by atoms with Crippen molar-refractivity contribution in [1.29, 1.82) is 0 Å². The van der Waals surface area contributed by atoms with E-state index in [4.69, 9.17) is 9.47 Å². The molecule has 25 heavy (non-hydrogen) atoms. The SMILES string of the molecule is CC(C)(C)n1ccc(C(=O)NC2COCCC2Oc2ccccn2)c1. The fourth-order valence-corrected chi connectivity index (χ4v) is 2.77. The van der Waals surface area contributed by atoms with E-state index in [-0.39, 0.29) is 23.6 Å². The molecule has 0 bridgehead atoms. The molecule has 1 aliphatic heterocycles. The molecule has 6 heteroatoms. The summed E-state index contributed by atoms with van der Waals surface area (Å²) in [5, 5.41) is 3.04. The second-order valence-corrected chi connectivity index (χ2v) is 7.25. The Hall–Kier alpha value is -2.34. The van der Waals surface area contributed by atoms with Gasteiger partial charge in [0.25, 0.3) is 5.91 Å². The Labute approximate surface area is 148 Å². The number of hydrogen-bond donors (Lipinski definition) is 1. The minimum Gasteiger partial charge on any atom is -0.472 e. The van der Waals surface area contributed by atoms with Crippen LogP contribution in [0.25, 0.3) is 0 Å². The van der Waals surface area contributed by atoms with Gasteiger partial charge in [0, 0.05) is 36.6 Å². The molecule has 3 heterocycles. The zero-order valence-electron chi connectivity index (χ0n) is 14.9. The average Bonchev–Trinajstić information content (AvgIpc) is 3.08. The summed E-state index contributed by atoms with van der Waals surface area (Å²) in [6.45, 7) is 7.34. The van der Waals surface area contributed by atoms with Gasteiger partial charge in [-0.25, -0.2) is 4.98 Å². The predicted octanol–water partition coefficient (Wildman–Crippen LogP) is 2.60. The molecule has 2 aromatic rings. The van der Waals surface area contributed by atoms with E-state index in [0.29, 0.717) is 31.1 Å². The third-order valence-corrected chi connectivity index (χ3v) is 4.25. The first-order valence-corrected chi connectivity index (χ1v) is 8.58. The van der Waals surface area contributed by atoms with Crippen LogP contribution >= 0.6 is 0 Å². The normalized spacial score (nSPS) is 20.9. The number of hydrogen-bond acceptors (Lipinski definition) is 4. The molecule has 1 aliphatic rings. The van der Waals surface area contributed by atoms with E-state index < -0.39 is 0 Å². The summed E-state index contributed by atoms with van der Waals surface area (Å²) < 4.78 is 13.5. The lowest BCUT2D eigenvalue weighted by molar-refractivity contribution is -0.00448. The lowest BCUT2D eigenvalue weighted by Gasteiger charge is -2.32. The summed E-state index contributed by atoms with van der Waals surface area (Å²) in [4.78, 5) is 16.8. The van der Waals surface area contributed by atoms with E-state index in [2.05, 4.69) is 31.1 Å². The molecule has 2 unspecified atom stereocenters. The van der Waals surface area contributed by atoms with Crippen molar-refractivity contribution in [3.8, 4) is 5.88 Å². The van der Waals surface area contributed by atoms with E-state index in [1.807, 2.05) is 41.2 Å². The van der Waals surface area contributed by atoms with Gasteiger partial charge in [-0.2, -0.15) is 0 Å². The number of aromatic nitrogens is 2. The zero-order chi connectivity index (χ0) is 17.9. The standard InChI is InChI=1S/C19H25N3O3/c1-19(2,3)22-10-7-14(12-22)18(23)21-15-13-24-11-8-16(15)25-17-6-4-5-9-20-17/h4-7,9-10,12,15-16H,8,11,13H2,1-3H3,(H,21,23). The summed E-state index contributed by atoms with van der Waals surface area (Å²) in [6.07, 6.45) is 6.04. The van der Waals surface area contributed by atoms with Crippen molar-refractivity contribution in [2.24, 2.45) is 0 Å². The van der Waals surface area contributed by atoms with Gasteiger partial charge in [0.2, 0.25) is 5.88 Å². The average molecular weight is 343 g/mol. The zero-order valence-corrected chi connectivity index (χ0v) is 14.9. The van der Waals surface area contributed by atoms with Gasteiger partial charge in [-0.1, -0.05) is 6.07 Å². The molecule has 134 valence electrons. The number of amides is 1. The van der Waals surface area contributed by atoms with Crippen LogP contribution in [0, 0.1) is 0 Å². The van der Waals surface area contributed by atoms with Gasteiger partial charge >= 0.3 is 0 Å². The van der Waals surface area contributed by atoms with Crippen LogP contribution in [-0.2, 0) is 10.3 Å². The third-order valence-electron chi connectivity index (χ3n) is 4.25. The minimum absolute atomic E-state index is 0.0584. The highest BCUT2D eigenvalue weighted by atomic mass is 16.5. The van der Waals surface area contributed by atoms with Gasteiger partial charge in [-0.3, -0.25) is 4.79 Å². The summed E-state index contributed by atoms with van der Waals surface area (Å²) in [5.74, 6) is 0.445. The molecule has 0 radical (unpaired) electrons. The van der Waals surface area contributed by atoms with Crippen LogP contribution in [0.1, 0.15) is 37.6 Å². The lowest BCUT2D eigenvalue weighted by atomic mass is 10.1. The first kappa shape index (κ1) is 17.5. The van der Waals surface area contributed by atoms with Gasteiger partial charge in [0.05, 0.1) is 24.8 Å². The summed E-state index contributed by atoms with van der Waals surface area (Å²) in [7, 11) is 0. The van der Waals surface area contributed by atoms with Crippen molar-refractivity contribution in [3.05, 3.63) is 48.4 Å². The number of pyridine rings is 1. The van der Waals surface area contributed by atoms with Gasteiger partial charge in [0.1, 0.15) is 6.10 Å². The van der Waals surface area contributed by atoms with Crippen molar-refractivity contribution in [2.75, 3.05) is 13.2 Å². The van der Waals surface area contributed by atoms with Crippen molar-refractivity contribution in [2.45, 2.75) is 44.9 Å². The third kappa shape index (κ3) is 4.39. The molecule has 3 rings (SSSR count). The maximum absolute atomic E-state index is 12.6. The Bertz CT molecular complexity index is 706. The maximum atomic E-state index is 12.6. The smallest absolute Gasteiger partial charge is 0.253 e. The second kappa shape index (κ2) is 7.27. The van der Waals surface area contributed by atoms with E-state index in [1.54, 1.807) is 6.20 Å². The summed E-state index contributed by atoms with van der Waals surface area (Å²) in [5.41, 5.74) is 0.578. The molecular formula is C19H25N3O3. The lowest BCUT2D eigenvalue weighted by Crippen LogP contribution is -2.51. The van der Waals surface area contributed by atoms with E-state index in [1.165, 1.54) is 0 Å². The van der Waals surface area contributed by atoms with Crippen molar-refractivity contribution >= 4 is 5.91 Å². The van der Waals surface area contributed by atoms with E-state index in [9.17, 15) is 4.79 Å². The number of carbonyl (C=O) groups is 1. The van der Waals surface area contributed by atoms with Gasteiger partial charge < -0.3 is 19.4 Å². The molecule has 0 spiro atoms. The number of nitrogens with one attached hydrogen (secondary N) is 1. The Morgan fingerprint density at radius 1 is 1.36 bits per heavy atom. The fourth-order valence-electron chi connectivity index (χ4n) is 2.77. The maximum Gasteiger partial charge on any atom is 0.253 e. The van der Waals surface area contributed by atoms with Gasteiger partial charge in [-0.05, 0) is 32.9 Å². The largest absolute Gasteiger partial charge is 0.472 e. The van der Waals surface area contributed by atoms with Crippen molar-refractivity contribution in [3.63, 3.8) is 0 Å². The highest BCUT2D eigenvalue weighted by molar-refractivity contribution is 5.94.